The second-order valence-corrected chi connectivity index (χ2v) is 11.2. The number of nitrogens with zero attached hydrogens (tertiary/aromatic N) is 2. The summed E-state index contributed by atoms with van der Waals surface area (Å²) in [5, 5.41) is 0. The number of carbonyl (C=O) groups is 1. The van der Waals surface area contributed by atoms with Crippen LogP contribution in [0.15, 0.2) is 48.5 Å². The van der Waals surface area contributed by atoms with Crippen molar-refractivity contribution in [2.24, 2.45) is 0 Å². The fraction of sp³-hybridized carbons (Fsp3) is 0.500. The zero-order valence-electron chi connectivity index (χ0n) is 20.0. The van der Waals surface area contributed by atoms with E-state index in [9.17, 15) is 13.2 Å². The zero-order valence-corrected chi connectivity index (χ0v) is 20.8. The van der Waals surface area contributed by atoms with Crippen LogP contribution in [0.5, 0.6) is 5.75 Å². The van der Waals surface area contributed by atoms with Crippen molar-refractivity contribution in [3.8, 4) is 5.75 Å². The van der Waals surface area contributed by atoms with E-state index >= 15 is 0 Å². The van der Waals surface area contributed by atoms with E-state index in [-0.39, 0.29) is 23.5 Å². The lowest BCUT2D eigenvalue weighted by molar-refractivity contribution is 0.0681. The number of anilines is 1. The predicted octanol–water partition coefficient (Wildman–Crippen LogP) is 4.54. The van der Waals surface area contributed by atoms with Crippen molar-refractivity contribution in [3.05, 3.63) is 59.7 Å². The third-order valence-electron chi connectivity index (χ3n) is 6.08. The Balaban J connectivity index is 1.72. The summed E-state index contributed by atoms with van der Waals surface area (Å²) in [6, 6.07) is 14.9. The maximum Gasteiger partial charge on any atom is 0.254 e. The normalized spacial score (nSPS) is 17.0. The van der Waals surface area contributed by atoms with Gasteiger partial charge in [-0.3, -0.25) is 4.79 Å². The fourth-order valence-corrected chi connectivity index (χ4v) is 5.79. The molecule has 0 spiro atoms. The number of unbranched alkanes of at least 4 members (excludes halogenated alkanes) is 3. The van der Waals surface area contributed by atoms with Gasteiger partial charge in [-0.2, -0.15) is 0 Å². The highest BCUT2D eigenvalue weighted by atomic mass is 32.2. The molecule has 0 aliphatic carbocycles. The van der Waals surface area contributed by atoms with Gasteiger partial charge in [0, 0.05) is 37.9 Å². The van der Waals surface area contributed by atoms with Crippen molar-refractivity contribution in [3.63, 3.8) is 0 Å². The van der Waals surface area contributed by atoms with Crippen LogP contribution in [0, 0.1) is 0 Å². The summed E-state index contributed by atoms with van der Waals surface area (Å²) in [6.45, 7) is 3.23. The molecule has 1 atom stereocenters. The first-order chi connectivity index (χ1) is 15.8. The number of ether oxygens (including phenoxy) is 1. The van der Waals surface area contributed by atoms with Gasteiger partial charge in [0.05, 0.1) is 18.1 Å². The second kappa shape index (κ2) is 11.5. The summed E-state index contributed by atoms with van der Waals surface area (Å²) < 4.78 is 30.0. The molecule has 0 saturated carbocycles. The van der Waals surface area contributed by atoms with E-state index in [0.717, 1.165) is 29.8 Å². The lowest BCUT2D eigenvalue weighted by atomic mass is 10.1. The highest BCUT2D eigenvalue weighted by Gasteiger charge is 2.35. The van der Waals surface area contributed by atoms with E-state index in [0.29, 0.717) is 25.1 Å². The molecule has 1 saturated heterocycles. The van der Waals surface area contributed by atoms with Crippen molar-refractivity contribution in [2.75, 3.05) is 37.1 Å². The SMILES string of the molecule is CCCCCCOc1ccc(C(=O)N(Cc2ccc(N(C)C)cc2)[C@@H]2CCS(=O)(=O)C2)cc1. The van der Waals surface area contributed by atoms with Crippen LogP contribution in [0.4, 0.5) is 5.69 Å². The first-order valence-electron chi connectivity index (χ1n) is 11.8. The van der Waals surface area contributed by atoms with Crippen LogP contribution in [0.2, 0.25) is 0 Å². The third kappa shape index (κ3) is 7.22. The Morgan fingerprint density at radius 1 is 1.00 bits per heavy atom. The largest absolute Gasteiger partial charge is 0.494 e. The molecule has 33 heavy (non-hydrogen) atoms. The number of hydrogen-bond acceptors (Lipinski definition) is 5. The van der Waals surface area contributed by atoms with E-state index in [1.807, 2.05) is 55.4 Å². The topological polar surface area (TPSA) is 66.9 Å². The van der Waals surface area contributed by atoms with Gasteiger partial charge in [-0.05, 0) is 54.8 Å². The molecule has 3 rings (SSSR count). The first-order valence-corrected chi connectivity index (χ1v) is 13.6. The van der Waals surface area contributed by atoms with Gasteiger partial charge >= 0.3 is 0 Å². The molecular weight excluding hydrogens is 436 g/mol. The Bertz CT molecular complexity index is 1000. The van der Waals surface area contributed by atoms with Crippen LogP contribution >= 0.6 is 0 Å². The molecular formula is C26H36N2O4S. The van der Waals surface area contributed by atoms with E-state index in [1.165, 1.54) is 12.8 Å². The van der Waals surface area contributed by atoms with Gasteiger partial charge in [-0.15, -0.1) is 0 Å². The quantitative estimate of drug-likeness (QED) is 0.449. The Labute approximate surface area is 198 Å². The van der Waals surface area contributed by atoms with Crippen LogP contribution in [-0.4, -0.2) is 57.5 Å². The molecule has 180 valence electrons. The molecule has 1 fully saturated rings. The Kier molecular flexibility index (Phi) is 8.78. The molecule has 7 heteroatoms. The molecule has 0 bridgehead atoms. The standard InChI is InChI=1S/C26H36N2O4S/c1-4-5-6-7-17-32-25-14-10-22(11-15-25)26(29)28(24-16-18-33(30,31)20-24)19-21-8-12-23(13-9-21)27(2)3/h8-15,24H,4-7,16-20H2,1-3H3/t24-/m1/s1. The summed E-state index contributed by atoms with van der Waals surface area (Å²) in [5.41, 5.74) is 2.60. The predicted molar refractivity (Wildman–Crippen MR) is 134 cm³/mol. The molecule has 2 aromatic rings. The van der Waals surface area contributed by atoms with Crippen molar-refractivity contribution in [1.82, 2.24) is 4.90 Å². The molecule has 0 unspecified atom stereocenters. The first kappa shape index (κ1) is 25.1. The number of carbonyl (C=O) groups excluding carboxylic acids is 1. The zero-order chi connectivity index (χ0) is 23.8. The average Bonchev–Trinajstić information content (AvgIpc) is 3.17. The van der Waals surface area contributed by atoms with Crippen LogP contribution < -0.4 is 9.64 Å². The van der Waals surface area contributed by atoms with Gasteiger partial charge in [0.1, 0.15) is 5.75 Å². The molecule has 1 heterocycles. The average molecular weight is 473 g/mol. The number of rotatable bonds is 11. The minimum absolute atomic E-state index is 0.0213. The molecule has 1 aliphatic heterocycles. The van der Waals surface area contributed by atoms with Crippen molar-refractivity contribution in [2.45, 2.75) is 51.6 Å². The van der Waals surface area contributed by atoms with Gasteiger partial charge in [0.2, 0.25) is 0 Å². The highest BCUT2D eigenvalue weighted by molar-refractivity contribution is 7.91. The van der Waals surface area contributed by atoms with Gasteiger partial charge in [0.25, 0.3) is 5.91 Å². The van der Waals surface area contributed by atoms with Crippen molar-refractivity contribution < 1.29 is 17.9 Å². The van der Waals surface area contributed by atoms with E-state index in [2.05, 4.69) is 6.92 Å². The monoisotopic (exact) mass is 472 g/mol. The fourth-order valence-electron chi connectivity index (χ4n) is 4.06. The van der Waals surface area contributed by atoms with E-state index < -0.39 is 9.84 Å². The summed E-state index contributed by atoms with van der Waals surface area (Å²) in [6.07, 6.45) is 5.05. The van der Waals surface area contributed by atoms with Crippen LogP contribution in [0.25, 0.3) is 0 Å². The molecule has 0 N–H and O–H groups in total. The highest BCUT2D eigenvalue weighted by Crippen LogP contribution is 2.24. The number of benzene rings is 2. The molecule has 1 aliphatic rings. The van der Waals surface area contributed by atoms with Gasteiger partial charge in [0.15, 0.2) is 9.84 Å². The summed E-state index contributed by atoms with van der Waals surface area (Å²) in [4.78, 5) is 17.2. The maximum absolute atomic E-state index is 13.4. The smallest absolute Gasteiger partial charge is 0.254 e. The molecule has 1 amide bonds. The summed E-state index contributed by atoms with van der Waals surface area (Å²) in [5.74, 6) is 0.750. The Morgan fingerprint density at radius 3 is 2.27 bits per heavy atom. The lowest BCUT2D eigenvalue weighted by Crippen LogP contribution is -2.40. The molecule has 0 radical (unpaired) electrons. The van der Waals surface area contributed by atoms with E-state index in [1.54, 1.807) is 17.0 Å². The van der Waals surface area contributed by atoms with Crippen molar-refractivity contribution >= 4 is 21.4 Å². The van der Waals surface area contributed by atoms with Crippen LogP contribution in [0.1, 0.15) is 54.9 Å². The van der Waals surface area contributed by atoms with Crippen LogP contribution in [-0.2, 0) is 16.4 Å². The third-order valence-corrected chi connectivity index (χ3v) is 7.83. The summed E-state index contributed by atoms with van der Waals surface area (Å²) >= 11 is 0. The van der Waals surface area contributed by atoms with E-state index in [4.69, 9.17) is 4.74 Å². The van der Waals surface area contributed by atoms with Crippen LogP contribution in [0.3, 0.4) is 0 Å². The summed E-state index contributed by atoms with van der Waals surface area (Å²) in [7, 11) is 0.847. The minimum Gasteiger partial charge on any atom is -0.494 e. The molecule has 6 nitrogen and oxygen atoms in total. The number of sulfone groups is 1. The van der Waals surface area contributed by atoms with Gasteiger partial charge in [-0.25, -0.2) is 8.42 Å². The van der Waals surface area contributed by atoms with Crippen molar-refractivity contribution in [1.29, 1.82) is 0 Å². The maximum atomic E-state index is 13.4. The number of amides is 1. The number of hydrogen-bond donors (Lipinski definition) is 0. The Morgan fingerprint density at radius 2 is 1.70 bits per heavy atom. The molecule has 0 aromatic heterocycles. The Hall–Kier alpha value is -2.54. The minimum atomic E-state index is -3.11. The molecule has 2 aromatic carbocycles. The van der Waals surface area contributed by atoms with Gasteiger partial charge in [-0.1, -0.05) is 38.3 Å². The lowest BCUT2D eigenvalue weighted by Gasteiger charge is -2.29. The van der Waals surface area contributed by atoms with Gasteiger partial charge < -0.3 is 14.5 Å². The second-order valence-electron chi connectivity index (χ2n) is 8.98.